The molecule has 0 spiro atoms. The summed E-state index contributed by atoms with van der Waals surface area (Å²) < 4.78 is 0. The summed E-state index contributed by atoms with van der Waals surface area (Å²) in [6, 6.07) is 0. The summed E-state index contributed by atoms with van der Waals surface area (Å²) in [5.41, 5.74) is 0. The number of hydrogen-bond donors (Lipinski definition) is 0. The van der Waals surface area contributed by atoms with Gasteiger partial charge in [-0.1, -0.05) is 6.92 Å². The van der Waals surface area contributed by atoms with E-state index < -0.39 is 0 Å². The van der Waals surface area contributed by atoms with Crippen LogP contribution in [0.15, 0.2) is 0 Å². The molecule has 0 aromatic carbocycles. The van der Waals surface area contributed by atoms with Gasteiger partial charge in [0.1, 0.15) is 6.29 Å². The number of unbranched alkanes of at least 4 members (excludes halogenated alkanes) is 1. The Bertz CT molecular complexity index is 39.7. The summed E-state index contributed by atoms with van der Waals surface area (Å²) >= 11 is 0. The molecule has 0 unspecified atom stereocenters. The van der Waals surface area contributed by atoms with Gasteiger partial charge in [-0.2, -0.15) is 0 Å². The third kappa shape index (κ3) is 18.0. The molecule has 0 saturated heterocycles. The summed E-state index contributed by atoms with van der Waals surface area (Å²) in [5, 5.41) is 0. The Balaban J connectivity index is -0.0000000133. The average Bonchev–Trinajstić information content (AvgIpc) is 1.41. The number of rotatable bonds is 2. The standard InChI is InChI=1S/C4H8O.Ba.Ti.2H/c1-2-3-4-5;;;;/h4H,2-3H2,1H3;;;;/q;+2;;2*-1. The molecule has 0 fully saturated rings. The molecule has 0 aliphatic carbocycles. The van der Waals surface area contributed by atoms with Crippen molar-refractivity contribution in [2.75, 3.05) is 0 Å². The van der Waals surface area contributed by atoms with Crippen LogP contribution in [0.25, 0.3) is 0 Å². The number of hydrogen-bond acceptors (Lipinski definition) is 1. The first-order valence-corrected chi connectivity index (χ1v) is 1.85. The summed E-state index contributed by atoms with van der Waals surface area (Å²) in [6.45, 7) is 1.98. The van der Waals surface area contributed by atoms with Gasteiger partial charge >= 0.3 is 48.9 Å². The third-order valence-corrected chi connectivity index (χ3v) is 0.407. The zero-order chi connectivity index (χ0) is 4.12. The molecule has 7 heavy (non-hydrogen) atoms. The molecule has 0 saturated carbocycles. The van der Waals surface area contributed by atoms with Crippen molar-refractivity contribution < 1.29 is 29.4 Å². The fraction of sp³-hybridized carbons (Fsp3) is 0.750. The minimum atomic E-state index is 0. The van der Waals surface area contributed by atoms with Crippen molar-refractivity contribution in [3.63, 3.8) is 0 Å². The van der Waals surface area contributed by atoms with Crippen LogP contribution in [-0.4, -0.2) is 55.2 Å². The van der Waals surface area contributed by atoms with Crippen LogP contribution in [0.5, 0.6) is 0 Å². The van der Waals surface area contributed by atoms with Gasteiger partial charge in [-0.3, -0.25) is 0 Å². The Morgan fingerprint density at radius 2 is 2.14 bits per heavy atom. The fourth-order valence-corrected chi connectivity index (χ4v) is 0.118. The van der Waals surface area contributed by atoms with Crippen molar-refractivity contribution >= 4 is 55.2 Å². The molecule has 0 aromatic heterocycles. The van der Waals surface area contributed by atoms with E-state index in [1.807, 2.05) is 6.92 Å². The Morgan fingerprint density at radius 1 is 1.71 bits per heavy atom. The van der Waals surface area contributed by atoms with Crippen LogP contribution < -0.4 is 0 Å². The minimum Gasteiger partial charge on any atom is -1.00 e. The SMILES string of the molecule is CCCC=O.[Ba+2].[H-].[H-].[Ti]. The van der Waals surface area contributed by atoms with Crippen LogP contribution in [0.3, 0.4) is 0 Å². The first-order chi connectivity index (χ1) is 2.41. The summed E-state index contributed by atoms with van der Waals surface area (Å²) in [6.07, 6.45) is 2.61. The molecule has 1 nitrogen and oxygen atoms in total. The van der Waals surface area contributed by atoms with E-state index in [4.69, 9.17) is 0 Å². The molecule has 0 aliphatic rings. The summed E-state index contributed by atoms with van der Waals surface area (Å²) in [4.78, 5) is 9.40. The smallest absolute Gasteiger partial charge is 1.00 e. The van der Waals surface area contributed by atoms with Crippen LogP contribution >= 0.6 is 0 Å². The van der Waals surface area contributed by atoms with E-state index in [1.165, 1.54) is 0 Å². The van der Waals surface area contributed by atoms with E-state index in [-0.39, 0.29) is 73.5 Å². The minimum absolute atomic E-state index is 0. The largest absolute Gasteiger partial charge is 2.00 e. The molecule has 0 N–H and O–H groups in total. The maximum Gasteiger partial charge on any atom is 2.00 e. The van der Waals surface area contributed by atoms with E-state index in [2.05, 4.69) is 0 Å². The van der Waals surface area contributed by atoms with Crippen molar-refractivity contribution in [3.05, 3.63) is 0 Å². The molecule has 38 valence electrons. The van der Waals surface area contributed by atoms with Gasteiger partial charge in [-0.25, -0.2) is 0 Å². The molecule has 0 atom stereocenters. The van der Waals surface area contributed by atoms with Crippen molar-refractivity contribution in [1.82, 2.24) is 0 Å². The molecular weight excluding hydrogens is 249 g/mol. The van der Waals surface area contributed by atoms with Gasteiger partial charge in [0, 0.05) is 28.1 Å². The Morgan fingerprint density at radius 3 is 2.14 bits per heavy atom. The monoisotopic (exact) mass is 260 g/mol. The number of carbonyl (C=O) groups excluding carboxylic acids is 1. The molecule has 0 heterocycles. The van der Waals surface area contributed by atoms with Crippen molar-refractivity contribution in [2.45, 2.75) is 19.8 Å². The maximum absolute atomic E-state index is 9.40. The van der Waals surface area contributed by atoms with Gasteiger partial charge in [-0.15, -0.1) is 0 Å². The van der Waals surface area contributed by atoms with E-state index in [0.29, 0.717) is 6.42 Å². The predicted octanol–water partition coefficient (Wildman–Crippen LogP) is 0.827. The fourth-order valence-electron chi connectivity index (χ4n) is 0.118. The Labute approximate surface area is 103 Å². The van der Waals surface area contributed by atoms with Crippen LogP contribution in [0, 0.1) is 0 Å². The second-order valence-corrected chi connectivity index (χ2v) is 0.955. The van der Waals surface area contributed by atoms with Crippen LogP contribution in [-0.2, 0) is 26.5 Å². The summed E-state index contributed by atoms with van der Waals surface area (Å²) in [5.74, 6) is 0. The van der Waals surface area contributed by atoms with Gasteiger partial charge in [0.2, 0.25) is 0 Å². The number of aldehydes is 1. The van der Waals surface area contributed by atoms with Gasteiger partial charge in [-0.05, 0) is 6.42 Å². The van der Waals surface area contributed by atoms with Gasteiger partial charge < -0.3 is 7.65 Å². The van der Waals surface area contributed by atoms with Crippen LogP contribution in [0.2, 0.25) is 0 Å². The second kappa shape index (κ2) is 15.7. The third-order valence-electron chi connectivity index (χ3n) is 0.407. The average molecular weight is 259 g/mol. The first kappa shape index (κ1) is 16.0. The Kier molecular flexibility index (Phi) is 35.8. The molecule has 0 radical (unpaired) electrons. The first-order valence-electron chi connectivity index (χ1n) is 1.85. The quantitative estimate of drug-likeness (QED) is 0.530. The zero-order valence-electron chi connectivity index (χ0n) is 6.61. The van der Waals surface area contributed by atoms with E-state index >= 15 is 0 Å². The van der Waals surface area contributed by atoms with Crippen molar-refractivity contribution in [2.24, 2.45) is 0 Å². The molecule has 0 aliphatic heterocycles. The molecule has 0 aromatic rings. The Hall–Kier alpha value is 1.96. The molecular formula is C4H10BaOTi. The molecule has 0 rings (SSSR count). The van der Waals surface area contributed by atoms with E-state index in [1.54, 1.807) is 0 Å². The van der Waals surface area contributed by atoms with Gasteiger partial charge in [0.15, 0.2) is 0 Å². The predicted molar refractivity (Wildman–Crippen MR) is 28.9 cm³/mol. The van der Waals surface area contributed by atoms with E-state index in [0.717, 1.165) is 12.7 Å². The van der Waals surface area contributed by atoms with E-state index in [9.17, 15) is 4.79 Å². The summed E-state index contributed by atoms with van der Waals surface area (Å²) in [7, 11) is 0. The molecule has 3 heteroatoms. The van der Waals surface area contributed by atoms with Gasteiger partial charge in [0.25, 0.3) is 0 Å². The normalized spacial score (nSPS) is 5.29. The second-order valence-electron chi connectivity index (χ2n) is 0.955. The molecule has 0 amide bonds. The topological polar surface area (TPSA) is 17.1 Å². The zero-order valence-corrected chi connectivity index (χ0v) is 10.6. The van der Waals surface area contributed by atoms with Crippen LogP contribution in [0.1, 0.15) is 22.6 Å². The van der Waals surface area contributed by atoms with Crippen LogP contribution in [0.4, 0.5) is 0 Å². The maximum atomic E-state index is 9.40. The number of carbonyl (C=O) groups is 1. The van der Waals surface area contributed by atoms with Crippen molar-refractivity contribution in [3.8, 4) is 0 Å². The van der Waals surface area contributed by atoms with Gasteiger partial charge in [0.05, 0.1) is 0 Å². The molecule has 0 bridgehead atoms. The van der Waals surface area contributed by atoms with Crippen molar-refractivity contribution in [1.29, 1.82) is 0 Å².